The Labute approximate surface area is 164 Å². The average molecular weight is 404 g/mol. The van der Waals surface area contributed by atoms with E-state index in [0.717, 1.165) is 9.88 Å². The van der Waals surface area contributed by atoms with E-state index in [1.54, 1.807) is 18.2 Å². The lowest BCUT2D eigenvalue weighted by molar-refractivity contribution is 0.123. The molecule has 2 aromatic heterocycles. The van der Waals surface area contributed by atoms with E-state index in [0.29, 0.717) is 59.4 Å². The number of alkyl halides is 1. The molecule has 27 heavy (non-hydrogen) atoms. The first-order valence-electron chi connectivity index (χ1n) is 8.33. The van der Waals surface area contributed by atoms with E-state index >= 15 is 0 Å². The minimum atomic E-state index is -0.595. The fourth-order valence-electron chi connectivity index (χ4n) is 3.10. The van der Waals surface area contributed by atoms with Crippen LogP contribution in [0.15, 0.2) is 24.5 Å². The van der Waals surface area contributed by atoms with Crippen LogP contribution in [-0.2, 0) is 11.4 Å². The fraction of sp³-hybridized carbons (Fsp3) is 0.278. The van der Waals surface area contributed by atoms with E-state index < -0.39 is 6.67 Å². The Morgan fingerprint density at radius 3 is 2.81 bits per heavy atom. The molecule has 0 aliphatic carbocycles. The summed E-state index contributed by atoms with van der Waals surface area (Å²) in [6.07, 6.45) is 1.42. The molecule has 9 heteroatoms. The topological polar surface area (TPSA) is 77.8 Å². The Morgan fingerprint density at radius 2 is 2.19 bits per heavy atom. The quantitative estimate of drug-likeness (QED) is 0.711. The van der Waals surface area contributed by atoms with Gasteiger partial charge in [-0.15, -0.1) is 11.3 Å². The molecule has 6 nitrogen and oxygen atoms in total. The summed E-state index contributed by atoms with van der Waals surface area (Å²) in [4.78, 5) is 7.17. The van der Waals surface area contributed by atoms with Gasteiger partial charge in [-0.1, -0.05) is 23.7 Å². The Balaban J connectivity index is 1.93. The number of aromatic amines is 1. The molecule has 0 radical (unpaired) electrons. The van der Waals surface area contributed by atoms with Crippen LogP contribution in [0, 0.1) is 11.3 Å². The molecule has 0 unspecified atom stereocenters. The fourth-order valence-corrected chi connectivity index (χ4v) is 4.66. The predicted molar refractivity (Wildman–Crippen MR) is 103 cm³/mol. The van der Waals surface area contributed by atoms with Gasteiger partial charge in [-0.3, -0.25) is 5.10 Å². The van der Waals surface area contributed by atoms with Crippen LogP contribution < -0.4 is 4.90 Å². The zero-order chi connectivity index (χ0) is 18.8. The number of nitriles is 1. The molecule has 0 saturated carbocycles. The van der Waals surface area contributed by atoms with Gasteiger partial charge in [0.2, 0.25) is 0 Å². The molecule has 1 aromatic carbocycles. The van der Waals surface area contributed by atoms with Gasteiger partial charge in [-0.2, -0.15) is 10.4 Å². The number of rotatable bonds is 4. The lowest BCUT2D eigenvalue weighted by Crippen LogP contribution is -2.36. The van der Waals surface area contributed by atoms with Gasteiger partial charge in [0.15, 0.2) is 5.82 Å². The van der Waals surface area contributed by atoms with Crippen molar-refractivity contribution in [1.82, 2.24) is 15.2 Å². The smallest absolute Gasteiger partial charge is 0.166 e. The van der Waals surface area contributed by atoms with Crippen LogP contribution >= 0.6 is 22.9 Å². The number of nitrogens with zero attached hydrogens (tertiary/aromatic N) is 4. The minimum absolute atomic E-state index is 0.397. The molecule has 0 bridgehead atoms. The maximum absolute atomic E-state index is 13.0. The summed E-state index contributed by atoms with van der Waals surface area (Å²) in [6, 6.07) is 7.36. The lowest BCUT2D eigenvalue weighted by Gasteiger charge is -2.27. The van der Waals surface area contributed by atoms with Gasteiger partial charge in [0.1, 0.15) is 24.1 Å². The van der Waals surface area contributed by atoms with Crippen molar-refractivity contribution < 1.29 is 9.13 Å². The molecule has 4 rings (SSSR count). The number of hydrogen-bond donors (Lipinski definition) is 1. The normalized spacial score (nSPS) is 14.3. The van der Waals surface area contributed by atoms with Crippen molar-refractivity contribution in [2.45, 2.75) is 6.67 Å². The van der Waals surface area contributed by atoms with E-state index in [2.05, 4.69) is 26.2 Å². The number of ether oxygens (including phenoxy) is 1. The summed E-state index contributed by atoms with van der Waals surface area (Å²) in [5.41, 5.74) is 2.39. The number of nitrogens with one attached hydrogen (secondary N) is 1. The zero-order valence-corrected chi connectivity index (χ0v) is 15.8. The van der Waals surface area contributed by atoms with Crippen LogP contribution in [0.2, 0.25) is 5.02 Å². The third kappa shape index (κ3) is 3.30. The van der Waals surface area contributed by atoms with Crippen LogP contribution in [0.25, 0.3) is 21.8 Å². The number of H-pyrrole nitrogens is 1. The van der Waals surface area contributed by atoms with Crippen LogP contribution in [0.5, 0.6) is 0 Å². The first-order chi connectivity index (χ1) is 13.2. The number of aromatic nitrogens is 3. The predicted octanol–water partition coefficient (Wildman–Crippen LogP) is 4.03. The van der Waals surface area contributed by atoms with Crippen molar-refractivity contribution in [2.75, 3.05) is 31.2 Å². The Morgan fingerprint density at radius 1 is 1.37 bits per heavy atom. The molecule has 0 atom stereocenters. The zero-order valence-electron chi connectivity index (χ0n) is 14.2. The molecule has 1 aliphatic rings. The van der Waals surface area contributed by atoms with Crippen LogP contribution in [0.4, 0.5) is 9.39 Å². The van der Waals surface area contributed by atoms with E-state index in [1.165, 1.54) is 17.7 Å². The lowest BCUT2D eigenvalue weighted by atomic mass is 9.99. The van der Waals surface area contributed by atoms with Gasteiger partial charge in [0.05, 0.1) is 23.7 Å². The number of halogens is 2. The average Bonchev–Trinajstić information content (AvgIpc) is 3.36. The summed E-state index contributed by atoms with van der Waals surface area (Å²) in [6.45, 7) is 2.05. The number of benzene rings is 1. The molecule has 3 heterocycles. The number of thiophene rings is 1. The van der Waals surface area contributed by atoms with Crippen LogP contribution in [0.1, 0.15) is 11.1 Å². The molecule has 0 amide bonds. The van der Waals surface area contributed by atoms with Gasteiger partial charge in [0.25, 0.3) is 0 Å². The monoisotopic (exact) mass is 403 g/mol. The Bertz CT molecular complexity index is 992. The summed E-state index contributed by atoms with van der Waals surface area (Å²) in [5, 5.41) is 18.0. The third-order valence-electron chi connectivity index (χ3n) is 4.39. The maximum atomic E-state index is 13.0. The standard InChI is InChI=1S/C18H15ClFN5OS/c19-14-7-11(8-20)1-2-12(14)15-13(9-21)18(25-3-5-26-6-4-25)27-16(15)17-22-10-23-24-17/h1-2,7,10H,3-6,8H2,(H,22,23,24). The highest BCUT2D eigenvalue weighted by Gasteiger charge is 2.27. The van der Waals surface area contributed by atoms with E-state index in [1.807, 2.05) is 0 Å². The second kappa shape index (κ2) is 7.64. The van der Waals surface area contributed by atoms with E-state index in [-0.39, 0.29) is 0 Å². The highest BCUT2D eigenvalue weighted by molar-refractivity contribution is 7.20. The first-order valence-corrected chi connectivity index (χ1v) is 9.52. The first kappa shape index (κ1) is 17.9. The summed E-state index contributed by atoms with van der Waals surface area (Å²) < 4.78 is 18.4. The third-order valence-corrected chi connectivity index (χ3v) is 5.96. The van der Waals surface area contributed by atoms with Gasteiger partial charge in [0, 0.05) is 29.2 Å². The summed E-state index contributed by atoms with van der Waals surface area (Å²) in [7, 11) is 0. The van der Waals surface area contributed by atoms with Crippen molar-refractivity contribution in [2.24, 2.45) is 0 Å². The van der Waals surface area contributed by atoms with Gasteiger partial charge in [-0.05, 0) is 11.6 Å². The molecule has 1 aliphatic heterocycles. The van der Waals surface area contributed by atoms with E-state index in [9.17, 15) is 9.65 Å². The SMILES string of the molecule is N#Cc1c(N2CCOCC2)sc(-c2ncn[nH]2)c1-c1ccc(CF)cc1Cl. The molecule has 138 valence electrons. The molecule has 0 spiro atoms. The van der Waals surface area contributed by atoms with Crippen LogP contribution in [0.3, 0.4) is 0 Å². The van der Waals surface area contributed by atoms with Gasteiger partial charge >= 0.3 is 0 Å². The second-order valence-electron chi connectivity index (χ2n) is 5.98. The van der Waals surface area contributed by atoms with E-state index in [4.69, 9.17) is 16.3 Å². The number of morpholine rings is 1. The molecule has 3 aromatic rings. The molecule has 1 N–H and O–H groups in total. The second-order valence-corrected chi connectivity index (χ2v) is 7.39. The molecular weight excluding hydrogens is 389 g/mol. The largest absolute Gasteiger partial charge is 0.378 e. The van der Waals surface area contributed by atoms with Gasteiger partial charge < -0.3 is 9.64 Å². The van der Waals surface area contributed by atoms with Crippen molar-refractivity contribution in [3.63, 3.8) is 0 Å². The maximum Gasteiger partial charge on any atom is 0.166 e. The Kier molecular flexibility index (Phi) is 5.07. The molecular formula is C18H15ClFN5OS. The Hall–Kier alpha value is -2.47. The van der Waals surface area contributed by atoms with Crippen molar-refractivity contribution in [3.8, 4) is 27.9 Å². The van der Waals surface area contributed by atoms with Crippen molar-refractivity contribution in [1.29, 1.82) is 5.26 Å². The highest BCUT2D eigenvalue weighted by atomic mass is 35.5. The minimum Gasteiger partial charge on any atom is -0.378 e. The van der Waals surface area contributed by atoms with Crippen molar-refractivity contribution >= 4 is 27.9 Å². The molecule has 1 saturated heterocycles. The summed E-state index contributed by atoms with van der Waals surface area (Å²) in [5.74, 6) is 0.566. The van der Waals surface area contributed by atoms with Crippen LogP contribution in [-0.4, -0.2) is 41.5 Å². The molecule has 1 fully saturated rings. The van der Waals surface area contributed by atoms with Crippen molar-refractivity contribution in [3.05, 3.63) is 40.7 Å². The number of hydrogen-bond acceptors (Lipinski definition) is 6. The van der Waals surface area contributed by atoms with Gasteiger partial charge in [-0.25, -0.2) is 9.37 Å². The number of anilines is 1. The highest BCUT2D eigenvalue weighted by Crippen LogP contribution is 2.48. The summed E-state index contributed by atoms with van der Waals surface area (Å²) >= 11 is 7.92.